The van der Waals surface area contributed by atoms with Gasteiger partial charge in [0.05, 0.1) is 16.5 Å². The van der Waals surface area contributed by atoms with Crippen LogP contribution >= 0.6 is 23.2 Å². The SMILES string of the molecule is O=C(c1ccccc1)c1cc(Cl)ccc1NC(=O)[C@@H]1CCCN(S(=O)(=O)c2ccc(Cl)cc2)C1. The number of piperidine rings is 1. The van der Waals surface area contributed by atoms with Gasteiger partial charge in [-0.1, -0.05) is 53.5 Å². The lowest BCUT2D eigenvalue weighted by Crippen LogP contribution is -2.43. The number of nitrogens with one attached hydrogen (secondary N) is 1. The monoisotopic (exact) mass is 516 g/mol. The van der Waals surface area contributed by atoms with E-state index in [1.54, 1.807) is 36.4 Å². The molecule has 9 heteroatoms. The first kappa shape index (κ1) is 24.4. The van der Waals surface area contributed by atoms with Crippen molar-refractivity contribution in [2.75, 3.05) is 18.4 Å². The van der Waals surface area contributed by atoms with Crippen molar-refractivity contribution in [3.63, 3.8) is 0 Å². The van der Waals surface area contributed by atoms with Crippen LogP contribution in [0.4, 0.5) is 5.69 Å². The van der Waals surface area contributed by atoms with Crippen molar-refractivity contribution in [3.05, 3.63) is 94.0 Å². The van der Waals surface area contributed by atoms with Crippen LogP contribution in [0, 0.1) is 5.92 Å². The van der Waals surface area contributed by atoms with E-state index in [0.29, 0.717) is 40.7 Å². The van der Waals surface area contributed by atoms with E-state index in [2.05, 4.69) is 5.32 Å². The van der Waals surface area contributed by atoms with Crippen molar-refractivity contribution >= 4 is 50.6 Å². The molecule has 0 bridgehead atoms. The van der Waals surface area contributed by atoms with Gasteiger partial charge in [-0.3, -0.25) is 9.59 Å². The molecule has 3 aromatic rings. The summed E-state index contributed by atoms with van der Waals surface area (Å²) in [6.07, 6.45) is 1.08. The number of carbonyl (C=O) groups is 2. The van der Waals surface area contributed by atoms with Crippen LogP contribution in [-0.4, -0.2) is 37.5 Å². The molecular formula is C25H22Cl2N2O4S. The molecule has 1 saturated heterocycles. The minimum Gasteiger partial charge on any atom is -0.325 e. The maximum atomic E-state index is 13.1. The number of hydrogen-bond donors (Lipinski definition) is 1. The van der Waals surface area contributed by atoms with Crippen LogP contribution in [0.15, 0.2) is 77.7 Å². The summed E-state index contributed by atoms with van der Waals surface area (Å²) >= 11 is 12.0. The second-order valence-corrected chi connectivity index (χ2v) is 10.8. The molecule has 1 atom stereocenters. The van der Waals surface area contributed by atoms with Crippen molar-refractivity contribution in [1.82, 2.24) is 4.31 Å². The second kappa shape index (κ2) is 10.3. The van der Waals surface area contributed by atoms with Crippen molar-refractivity contribution in [1.29, 1.82) is 0 Å². The number of amides is 1. The molecule has 176 valence electrons. The Balaban J connectivity index is 1.53. The molecule has 1 heterocycles. The van der Waals surface area contributed by atoms with Gasteiger partial charge in [0.1, 0.15) is 0 Å². The van der Waals surface area contributed by atoms with Gasteiger partial charge >= 0.3 is 0 Å². The van der Waals surface area contributed by atoms with Crippen molar-refractivity contribution in [3.8, 4) is 0 Å². The summed E-state index contributed by atoms with van der Waals surface area (Å²) in [5, 5.41) is 3.63. The van der Waals surface area contributed by atoms with E-state index in [1.165, 1.54) is 34.6 Å². The highest BCUT2D eigenvalue weighted by Crippen LogP contribution is 2.28. The molecule has 0 unspecified atom stereocenters. The summed E-state index contributed by atoms with van der Waals surface area (Å²) in [7, 11) is -3.76. The van der Waals surface area contributed by atoms with Crippen LogP contribution in [0.3, 0.4) is 0 Å². The number of nitrogens with zero attached hydrogens (tertiary/aromatic N) is 1. The summed E-state index contributed by atoms with van der Waals surface area (Å²) in [6.45, 7) is 0.375. The van der Waals surface area contributed by atoms with E-state index < -0.39 is 15.9 Å². The predicted octanol–water partition coefficient (Wildman–Crippen LogP) is 5.26. The maximum Gasteiger partial charge on any atom is 0.243 e. The molecule has 0 saturated carbocycles. The Hall–Kier alpha value is -2.71. The molecular weight excluding hydrogens is 495 g/mol. The van der Waals surface area contributed by atoms with Crippen LogP contribution in [0.2, 0.25) is 10.0 Å². The van der Waals surface area contributed by atoms with E-state index >= 15 is 0 Å². The van der Waals surface area contributed by atoms with Gasteiger partial charge in [0, 0.05) is 34.3 Å². The van der Waals surface area contributed by atoms with Gasteiger partial charge in [0.2, 0.25) is 15.9 Å². The summed E-state index contributed by atoms with van der Waals surface area (Å²) in [4.78, 5) is 26.3. The predicted molar refractivity (Wildman–Crippen MR) is 133 cm³/mol. The van der Waals surface area contributed by atoms with Crippen LogP contribution in [0.5, 0.6) is 0 Å². The quantitative estimate of drug-likeness (QED) is 0.452. The third-order valence-corrected chi connectivity index (χ3v) is 8.09. The summed E-state index contributed by atoms with van der Waals surface area (Å²) in [6, 6.07) is 19.4. The molecule has 3 aromatic carbocycles. The van der Waals surface area contributed by atoms with Gasteiger partial charge in [-0.15, -0.1) is 0 Å². The van der Waals surface area contributed by atoms with Gasteiger partial charge in [-0.25, -0.2) is 8.42 Å². The Bertz CT molecular complexity index is 1310. The van der Waals surface area contributed by atoms with Crippen LogP contribution in [0.1, 0.15) is 28.8 Å². The normalized spacial score (nSPS) is 16.7. The highest BCUT2D eigenvalue weighted by Gasteiger charge is 2.33. The molecule has 4 rings (SSSR count). The van der Waals surface area contributed by atoms with Gasteiger partial charge in [-0.2, -0.15) is 4.31 Å². The Morgan fingerprint density at radius 1 is 0.912 bits per heavy atom. The van der Waals surface area contributed by atoms with E-state index in [9.17, 15) is 18.0 Å². The third-order valence-electron chi connectivity index (χ3n) is 5.73. The fraction of sp³-hybridized carbons (Fsp3) is 0.200. The smallest absolute Gasteiger partial charge is 0.243 e. The number of carbonyl (C=O) groups excluding carboxylic acids is 2. The number of halogens is 2. The highest BCUT2D eigenvalue weighted by molar-refractivity contribution is 7.89. The minimum atomic E-state index is -3.76. The zero-order chi connectivity index (χ0) is 24.3. The standard InChI is InChI=1S/C25H22Cl2N2O4S/c26-19-8-11-21(12-9-19)34(32,33)29-14-4-7-18(16-29)25(31)28-23-13-10-20(27)15-22(23)24(30)17-5-2-1-3-6-17/h1-3,5-6,8-13,15,18H,4,7,14,16H2,(H,28,31)/t18-/m1/s1. The molecule has 0 aliphatic carbocycles. The lowest BCUT2D eigenvalue weighted by Gasteiger charge is -2.31. The minimum absolute atomic E-state index is 0.0480. The number of sulfonamides is 1. The highest BCUT2D eigenvalue weighted by atomic mass is 35.5. The Morgan fingerprint density at radius 2 is 1.59 bits per heavy atom. The summed E-state index contributed by atoms with van der Waals surface area (Å²) in [5.74, 6) is -1.18. The zero-order valence-corrected chi connectivity index (χ0v) is 20.4. The van der Waals surface area contributed by atoms with Gasteiger partial charge < -0.3 is 5.32 Å². The fourth-order valence-electron chi connectivity index (χ4n) is 3.92. The summed E-state index contributed by atoms with van der Waals surface area (Å²) < 4.78 is 27.4. The lowest BCUT2D eigenvalue weighted by atomic mass is 9.97. The first-order chi connectivity index (χ1) is 16.3. The van der Waals surface area contributed by atoms with Crippen molar-refractivity contribution in [2.24, 2.45) is 5.92 Å². The van der Waals surface area contributed by atoms with Crippen molar-refractivity contribution < 1.29 is 18.0 Å². The average Bonchev–Trinajstić information content (AvgIpc) is 2.85. The largest absolute Gasteiger partial charge is 0.325 e. The van der Waals surface area contributed by atoms with E-state index in [0.717, 1.165) is 0 Å². The Kier molecular flexibility index (Phi) is 7.38. The molecule has 1 amide bonds. The van der Waals surface area contributed by atoms with E-state index in [4.69, 9.17) is 23.2 Å². The Labute approximate surface area is 208 Å². The van der Waals surface area contributed by atoms with Gasteiger partial charge in [0.25, 0.3) is 0 Å². The molecule has 1 fully saturated rings. The fourth-order valence-corrected chi connectivity index (χ4v) is 5.75. The van der Waals surface area contributed by atoms with Crippen LogP contribution < -0.4 is 5.32 Å². The number of hydrogen-bond acceptors (Lipinski definition) is 4. The van der Waals surface area contributed by atoms with E-state index in [-0.39, 0.29) is 28.7 Å². The lowest BCUT2D eigenvalue weighted by molar-refractivity contribution is -0.120. The third kappa shape index (κ3) is 5.33. The topological polar surface area (TPSA) is 83.6 Å². The maximum absolute atomic E-state index is 13.1. The van der Waals surface area contributed by atoms with Gasteiger partial charge in [0.15, 0.2) is 5.78 Å². The molecule has 34 heavy (non-hydrogen) atoms. The molecule has 1 aliphatic heterocycles. The summed E-state index contributed by atoms with van der Waals surface area (Å²) in [5.41, 5.74) is 1.08. The number of benzene rings is 3. The molecule has 6 nitrogen and oxygen atoms in total. The molecule has 0 aromatic heterocycles. The van der Waals surface area contributed by atoms with Crippen LogP contribution in [-0.2, 0) is 14.8 Å². The molecule has 1 N–H and O–H groups in total. The first-order valence-corrected chi connectivity index (χ1v) is 12.9. The van der Waals surface area contributed by atoms with Crippen molar-refractivity contribution in [2.45, 2.75) is 17.7 Å². The number of rotatable bonds is 6. The van der Waals surface area contributed by atoms with E-state index in [1.807, 2.05) is 6.07 Å². The molecule has 0 spiro atoms. The Morgan fingerprint density at radius 3 is 2.29 bits per heavy atom. The van der Waals surface area contributed by atoms with Crippen LogP contribution in [0.25, 0.3) is 0 Å². The zero-order valence-electron chi connectivity index (χ0n) is 18.1. The first-order valence-electron chi connectivity index (χ1n) is 10.7. The molecule has 0 radical (unpaired) electrons. The second-order valence-electron chi connectivity index (χ2n) is 8.03. The van der Waals surface area contributed by atoms with Gasteiger partial charge in [-0.05, 0) is 55.3 Å². The molecule has 1 aliphatic rings. The average molecular weight is 517 g/mol. The number of ketones is 1. The number of anilines is 1.